The van der Waals surface area contributed by atoms with Crippen molar-refractivity contribution in [2.45, 2.75) is 85.3 Å². The van der Waals surface area contributed by atoms with Crippen LogP contribution < -0.4 is 0 Å². The van der Waals surface area contributed by atoms with Crippen LogP contribution in [0.5, 0.6) is 0 Å². The third-order valence-electron chi connectivity index (χ3n) is 3.34. The van der Waals surface area contributed by atoms with Crippen LogP contribution in [0.3, 0.4) is 0 Å². The molecule has 6 heteroatoms. The Balaban J connectivity index is 4.90. The SMILES string of the molecule is CCCO[Si](C)(OCCC)C(CC)OC(CC)OC(=O)CC. The lowest BCUT2D eigenvalue weighted by Gasteiger charge is -2.35. The molecule has 0 spiro atoms. The fourth-order valence-electron chi connectivity index (χ4n) is 2.05. The summed E-state index contributed by atoms with van der Waals surface area (Å²) in [6.45, 7) is 13.3. The normalized spacial score (nSPS) is 14.6. The molecule has 0 radical (unpaired) electrons. The van der Waals surface area contributed by atoms with Gasteiger partial charge in [0.05, 0.1) is 0 Å². The Kier molecular flexibility index (Phi) is 11.8. The predicted molar refractivity (Wildman–Crippen MR) is 89.7 cm³/mol. The van der Waals surface area contributed by atoms with Crippen LogP contribution in [0.25, 0.3) is 0 Å². The van der Waals surface area contributed by atoms with E-state index in [1.54, 1.807) is 6.92 Å². The molecule has 0 aliphatic heterocycles. The van der Waals surface area contributed by atoms with Gasteiger partial charge in [-0.1, -0.05) is 34.6 Å². The highest BCUT2D eigenvalue weighted by Gasteiger charge is 2.42. The molecule has 0 bridgehead atoms. The van der Waals surface area contributed by atoms with Crippen LogP contribution in [0.4, 0.5) is 0 Å². The van der Waals surface area contributed by atoms with Crippen LogP contribution in [0.2, 0.25) is 6.55 Å². The van der Waals surface area contributed by atoms with Gasteiger partial charge in [0.25, 0.3) is 0 Å². The molecule has 0 fully saturated rings. The molecule has 132 valence electrons. The Hall–Kier alpha value is -0.433. The predicted octanol–water partition coefficient (Wildman–Crippen LogP) is 3.94. The lowest BCUT2D eigenvalue weighted by atomic mass is 10.4. The topological polar surface area (TPSA) is 54.0 Å². The second kappa shape index (κ2) is 12.0. The van der Waals surface area contributed by atoms with Crippen molar-refractivity contribution in [3.63, 3.8) is 0 Å². The minimum Gasteiger partial charge on any atom is -0.436 e. The quantitative estimate of drug-likeness (QED) is 0.290. The molecule has 0 heterocycles. The molecule has 0 aliphatic carbocycles. The van der Waals surface area contributed by atoms with Crippen LogP contribution >= 0.6 is 0 Å². The Morgan fingerprint density at radius 3 is 1.86 bits per heavy atom. The highest BCUT2D eigenvalue weighted by atomic mass is 28.4. The van der Waals surface area contributed by atoms with Gasteiger partial charge in [-0.15, -0.1) is 0 Å². The van der Waals surface area contributed by atoms with Crippen LogP contribution in [-0.4, -0.2) is 39.8 Å². The summed E-state index contributed by atoms with van der Waals surface area (Å²) in [4.78, 5) is 11.5. The summed E-state index contributed by atoms with van der Waals surface area (Å²) in [5.41, 5.74) is -0.153. The van der Waals surface area contributed by atoms with Crippen molar-refractivity contribution in [1.82, 2.24) is 0 Å². The van der Waals surface area contributed by atoms with Gasteiger partial charge in [-0.25, -0.2) is 0 Å². The summed E-state index contributed by atoms with van der Waals surface area (Å²) in [5, 5.41) is 0. The van der Waals surface area contributed by atoms with Crippen LogP contribution in [0.1, 0.15) is 66.7 Å². The molecule has 0 aromatic carbocycles. The molecule has 0 amide bonds. The number of hydrogen-bond acceptors (Lipinski definition) is 5. The first-order chi connectivity index (χ1) is 10.5. The molecule has 5 nitrogen and oxygen atoms in total. The van der Waals surface area contributed by atoms with Crippen molar-refractivity contribution < 1.29 is 23.1 Å². The van der Waals surface area contributed by atoms with Crippen LogP contribution in [0.15, 0.2) is 0 Å². The Morgan fingerprint density at radius 2 is 1.50 bits per heavy atom. The average Bonchev–Trinajstić information content (AvgIpc) is 2.54. The van der Waals surface area contributed by atoms with Crippen molar-refractivity contribution in [1.29, 1.82) is 0 Å². The van der Waals surface area contributed by atoms with Crippen LogP contribution in [-0.2, 0) is 23.1 Å². The summed E-state index contributed by atoms with van der Waals surface area (Å²) in [7, 11) is -2.47. The van der Waals surface area contributed by atoms with E-state index in [1.165, 1.54) is 0 Å². The lowest BCUT2D eigenvalue weighted by Crippen LogP contribution is -2.53. The van der Waals surface area contributed by atoms with Crippen molar-refractivity contribution >= 4 is 14.5 Å². The molecule has 0 aromatic rings. The van der Waals surface area contributed by atoms with E-state index in [4.69, 9.17) is 18.3 Å². The molecular weight excluding hydrogens is 300 g/mol. The van der Waals surface area contributed by atoms with Gasteiger partial charge >= 0.3 is 14.5 Å². The second-order valence-electron chi connectivity index (χ2n) is 5.43. The molecule has 0 aliphatic rings. The standard InChI is InChI=1S/C16H34O5Si/c1-7-12-18-22(6,19-13-8-2)16(11-5)21-15(10-4)20-14(17)9-3/h15-16H,7-13H2,1-6H3. The minimum atomic E-state index is -2.47. The number of rotatable bonds is 13. The van der Waals surface area contributed by atoms with E-state index >= 15 is 0 Å². The van der Waals surface area contributed by atoms with Gasteiger partial charge in [-0.2, -0.15) is 0 Å². The van der Waals surface area contributed by atoms with E-state index in [0.717, 1.165) is 19.3 Å². The van der Waals surface area contributed by atoms with Gasteiger partial charge in [-0.3, -0.25) is 4.79 Å². The lowest BCUT2D eigenvalue weighted by molar-refractivity contribution is -0.186. The van der Waals surface area contributed by atoms with Gasteiger partial charge in [0.1, 0.15) is 5.73 Å². The Bertz CT molecular complexity index is 290. The van der Waals surface area contributed by atoms with Gasteiger partial charge in [0.2, 0.25) is 6.29 Å². The molecule has 0 saturated carbocycles. The molecule has 0 N–H and O–H groups in total. The fourth-order valence-corrected chi connectivity index (χ4v) is 4.86. The van der Waals surface area contributed by atoms with Crippen molar-refractivity contribution in [2.24, 2.45) is 0 Å². The number of carbonyl (C=O) groups excluding carboxylic acids is 1. The van der Waals surface area contributed by atoms with Gasteiger partial charge in [0.15, 0.2) is 0 Å². The number of hydrogen-bond donors (Lipinski definition) is 0. The second-order valence-corrected chi connectivity index (χ2v) is 8.68. The van der Waals surface area contributed by atoms with Crippen molar-refractivity contribution in [3.05, 3.63) is 0 Å². The van der Waals surface area contributed by atoms with E-state index in [9.17, 15) is 4.79 Å². The molecule has 2 atom stereocenters. The van der Waals surface area contributed by atoms with E-state index < -0.39 is 14.9 Å². The van der Waals surface area contributed by atoms with Gasteiger partial charge < -0.3 is 18.3 Å². The zero-order valence-electron chi connectivity index (χ0n) is 15.1. The smallest absolute Gasteiger partial charge is 0.365 e. The minimum absolute atomic E-state index is 0.153. The third-order valence-corrected chi connectivity index (χ3v) is 6.61. The maximum absolute atomic E-state index is 11.5. The first kappa shape index (κ1) is 21.6. The summed E-state index contributed by atoms with van der Waals surface area (Å²) >= 11 is 0. The number of esters is 1. The molecule has 0 rings (SSSR count). The molecular formula is C16H34O5Si. The molecule has 0 saturated heterocycles. The van der Waals surface area contributed by atoms with Crippen LogP contribution in [0, 0.1) is 0 Å². The van der Waals surface area contributed by atoms with Gasteiger partial charge in [0, 0.05) is 26.1 Å². The molecule has 22 heavy (non-hydrogen) atoms. The highest BCUT2D eigenvalue weighted by Crippen LogP contribution is 2.22. The average molecular weight is 335 g/mol. The van der Waals surface area contributed by atoms with E-state index in [0.29, 0.717) is 26.1 Å². The zero-order valence-corrected chi connectivity index (χ0v) is 16.1. The molecule has 2 unspecified atom stereocenters. The van der Waals surface area contributed by atoms with Crippen molar-refractivity contribution in [2.75, 3.05) is 13.2 Å². The summed E-state index contributed by atoms with van der Waals surface area (Å²) in [5.74, 6) is -0.242. The van der Waals surface area contributed by atoms with Gasteiger partial charge in [-0.05, 0) is 25.8 Å². The zero-order chi connectivity index (χ0) is 17.0. The summed E-state index contributed by atoms with van der Waals surface area (Å²) < 4.78 is 23.5. The maximum Gasteiger partial charge on any atom is 0.365 e. The monoisotopic (exact) mass is 334 g/mol. The van der Waals surface area contributed by atoms with Crippen molar-refractivity contribution in [3.8, 4) is 0 Å². The Labute approximate surface area is 136 Å². The third kappa shape index (κ3) is 7.72. The number of carbonyl (C=O) groups is 1. The summed E-state index contributed by atoms with van der Waals surface area (Å²) in [6.07, 6.45) is 3.10. The highest BCUT2D eigenvalue weighted by molar-refractivity contribution is 6.67. The largest absolute Gasteiger partial charge is 0.436 e. The first-order valence-corrected chi connectivity index (χ1v) is 11.0. The van der Waals surface area contributed by atoms with E-state index in [1.807, 2.05) is 13.5 Å². The fraction of sp³-hybridized carbons (Fsp3) is 0.938. The summed E-state index contributed by atoms with van der Waals surface area (Å²) in [6, 6.07) is 0. The number of ether oxygens (including phenoxy) is 2. The molecule has 0 aromatic heterocycles. The maximum atomic E-state index is 11.5. The van der Waals surface area contributed by atoms with E-state index in [2.05, 4.69) is 20.8 Å². The van der Waals surface area contributed by atoms with E-state index in [-0.39, 0.29) is 11.7 Å². The Morgan fingerprint density at radius 1 is 0.955 bits per heavy atom. The first-order valence-electron chi connectivity index (χ1n) is 8.60.